The van der Waals surface area contributed by atoms with Crippen molar-refractivity contribution < 1.29 is 0 Å². The van der Waals surface area contributed by atoms with E-state index in [1.54, 1.807) is 0 Å². The Bertz CT molecular complexity index is 555. The van der Waals surface area contributed by atoms with E-state index in [9.17, 15) is 0 Å². The second kappa shape index (κ2) is 6.83. The second-order valence-corrected chi connectivity index (χ2v) is 6.52. The molecular formula is C15H16BrIN2. The number of nitrogens with one attached hydrogen (secondary N) is 1. The van der Waals surface area contributed by atoms with Crippen molar-refractivity contribution in [3.8, 4) is 0 Å². The van der Waals surface area contributed by atoms with Crippen molar-refractivity contribution in [1.29, 1.82) is 0 Å². The average molecular weight is 431 g/mol. The molecule has 2 rings (SSSR count). The van der Waals surface area contributed by atoms with Crippen LogP contribution in [0.5, 0.6) is 0 Å². The standard InChI is InChI=1S/C15H16BrIN2/c1-10-3-2-4-13(15(10)17)14(19-18)9-11-5-7-12(16)8-6-11/h2-8,14,19H,9,18H2,1H3. The van der Waals surface area contributed by atoms with Crippen LogP contribution in [-0.4, -0.2) is 0 Å². The number of hydrogen-bond acceptors (Lipinski definition) is 2. The molecule has 0 fully saturated rings. The molecule has 0 radical (unpaired) electrons. The summed E-state index contributed by atoms with van der Waals surface area (Å²) in [6.45, 7) is 2.12. The fourth-order valence-electron chi connectivity index (χ4n) is 2.05. The lowest BCUT2D eigenvalue weighted by molar-refractivity contribution is 0.549. The zero-order valence-corrected chi connectivity index (χ0v) is 14.4. The zero-order chi connectivity index (χ0) is 13.8. The molecule has 0 saturated carbocycles. The first kappa shape index (κ1) is 15.0. The van der Waals surface area contributed by atoms with Gasteiger partial charge < -0.3 is 0 Å². The van der Waals surface area contributed by atoms with E-state index in [-0.39, 0.29) is 6.04 Å². The van der Waals surface area contributed by atoms with Crippen LogP contribution in [-0.2, 0) is 6.42 Å². The summed E-state index contributed by atoms with van der Waals surface area (Å²) in [4.78, 5) is 0. The fraction of sp³-hybridized carbons (Fsp3) is 0.200. The summed E-state index contributed by atoms with van der Waals surface area (Å²) < 4.78 is 2.37. The lowest BCUT2D eigenvalue weighted by Gasteiger charge is -2.19. The van der Waals surface area contributed by atoms with Crippen LogP contribution in [0.4, 0.5) is 0 Å². The van der Waals surface area contributed by atoms with Crippen molar-refractivity contribution in [2.24, 2.45) is 5.84 Å². The van der Waals surface area contributed by atoms with Crippen LogP contribution in [0.3, 0.4) is 0 Å². The third-order valence-corrected chi connectivity index (χ3v) is 5.15. The molecule has 1 unspecified atom stereocenters. The Hall–Kier alpha value is -0.430. The van der Waals surface area contributed by atoms with Crippen LogP contribution < -0.4 is 11.3 Å². The van der Waals surface area contributed by atoms with E-state index in [1.807, 2.05) is 0 Å². The number of hydrazine groups is 1. The Morgan fingerprint density at radius 2 is 1.89 bits per heavy atom. The zero-order valence-electron chi connectivity index (χ0n) is 10.7. The number of halogens is 2. The number of benzene rings is 2. The first-order valence-electron chi connectivity index (χ1n) is 6.07. The van der Waals surface area contributed by atoms with Crippen molar-refractivity contribution >= 4 is 38.5 Å². The van der Waals surface area contributed by atoms with Gasteiger partial charge in [-0.3, -0.25) is 11.3 Å². The minimum atomic E-state index is 0.132. The van der Waals surface area contributed by atoms with Crippen molar-refractivity contribution in [3.63, 3.8) is 0 Å². The van der Waals surface area contributed by atoms with Crippen LogP contribution in [0.25, 0.3) is 0 Å². The summed E-state index contributed by atoms with van der Waals surface area (Å²) in [5.74, 6) is 5.74. The molecule has 0 heterocycles. The minimum absolute atomic E-state index is 0.132. The highest BCUT2D eigenvalue weighted by molar-refractivity contribution is 14.1. The molecule has 1 atom stereocenters. The molecule has 0 aliphatic carbocycles. The third-order valence-electron chi connectivity index (χ3n) is 3.15. The molecule has 0 spiro atoms. The summed E-state index contributed by atoms with van der Waals surface area (Å²) in [6, 6.07) is 14.8. The number of rotatable bonds is 4. The van der Waals surface area contributed by atoms with Crippen molar-refractivity contribution in [3.05, 3.63) is 67.2 Å². The smallest absolute Gasteiger partial charge is 0.0510 e. The van der Waals surface area contributed by atoms with Gasteiger partial charge in [-0.15, -0.1) is 0 Å². The number of aryl methyl sites for hydroxylation is 1. The maximum atomic E-state index is 5.74. The lowest BCUT2D eigenvalue weighted by atomic mass is 9.98. The highest BCUT2D eigenvalue weighted by Gasteiger charge is 2.14. The van der Waals surface area contributed by atoms with Gasteiger partial charge in [-0.1, -0.05) is 46.3 Å². The topological polar surface area (TPSA) is 38.0 Å². The van der Waals surface area contributed by atoms with Crippen LogP contribution in [0.15, 0.2) is 46.9 Å². The average Bonchev–Trinajstić information content (AvgIpc) is 2.42. The van der Waals surface area contributed by atoms with Gasteiger partial charge in [0.05, 0.1) is 6.04 Å². The Kier molecular flexibility index (Phi) is 5.38. The van der Waals surface area contributed by atoms with Gasteiger partial charge in [0.15, 0.2) is 0 Å². The normalized spacial score (nSPS) is 12.4. The van der Waals surface area contributed by atoms with E-state index in [0.29, 0.717) is 0 Å². The highest BCUT2D eigenvalue weighted by atomic mass is 127. The van der Waals surface area contributed by atoms with Crippen LogP contribution in [0.2, 0.25) is 0 Å². The quantitative estimate of drug-likeness (QED) is 0.435. The molecule has 2 nitrogen and oxygen atoms in total. The van der Waals surface area contributed by atoms with Gasteiger partial charge in [0.1, 0.15) is 0 Å². The van der Waals surface area contributed by atoms with E-state index in [0.717, 1.165) is 10.9 Å². The van der Waals surface area contributed by atoms with E-state index in [4.69, 9.17) is 5.84 Å². The first-order chi connectivity index (χ1) is 9.11. The summed E-state index contributed by atoms with van der Waals surface area (Å²) in [7, 11) is 0. The molecule has 19 heavy (non-hydrogen) atoms. The maximum absolute atomic E-state index is 5.74. The molecule has 4 heteroatoms. The molecule has 100 valence electrons. The Labute approximate surface area is 136 Å². The molecule has 2 aromatic rings. The molecule has 0 aliphatic rings. The van der Waals surface area contributed by atoms with E-state index >= 15 is 0 Å². The predicted molar refractivity (Wildman–Crippen MR) is 91.8 cm³/mol. The van der Waals surface area contributed by atoms with Gasteiger partial charge in [0.2, 0.25) is 0 Å². The molecule has 2 aromatic carbocycles. The molecule has 0 aliphatic heterocycles. The minimum Gasteiger partial charge on any atom is -0.271 e. The Morgan fingerprint density at radius 3 is 2.53 bits per heavy atom. The van der Waals surface area contributed by atoms with E-state index < -0.39 is 0 Å². The molecule has 0 bridgehead atoms. The van der Waals surface area contributed by atoms with Crippen molar-refractivity contribution in [2.75, 3.05) is 0 Å². The number of nitrogens with two attached hydrogens (primary N) is 1. The monoisotopic (exact) mass is 430 g/mol. The van der Waals surface area contributed by atoms with Crippen LogP contribution >= 0.6 is 38.5 Å². The van der Waals surface area contributed by atoms with E-state index in [2.05, 4.69) is 93.3 Å². The summed E-state index contributed by atoms with van der Waals surface area (Å²) >= 11 is 5.84. The van der Waals surface area contributed by atoms with Crippen molar-refractivity contribution in [1.82, 2.24) is 5.43 Å². The fourth-order valence-corrected chi connectivity index (χ4v) is 3.05. The summed E-state index contributed by atoms with van der Waals surface area (Å²) in [5, 5.41) is 0. The second-order valence-electron chi connectivity index (χ2n) is 4.53. The van der Waals surface area contributed by atoms with Crippen molar-refractivity contribution in [2.45, 2.75) is 19.4 Å². The molecule has 0 aromatic heterocycles. The lowest BCUT2D eigenvalue weighted by Crippen LogP contribution is -2.30. The molecular weight excluding hydrogens is 415 g/mol. The molecule has 3 N–H and O–H groups in total. The van der Waals surface area contributed by atoms with Gasteiger partial charge in [-0.25, -0.2) is 0 Å². The predicted octanol–water partition coefficient (Wildman–Crippen LogP) is 4.11. The van der Waals surface area contributed by atoms with E-state index in [1.165, 1.54) is 20.3 Å². The van der Waals surface area contributed by atoms with Gasteiger partial charge in [-0.2, -0.15) is 0 Å². The van der Waals surface area contributed by atoms with Gasteiger partial charge in [0, 0.05) is 8.04 Å². The largest absolute Gasteiger partial charge is 0.271 e. The van der Waals surface area contributed by atoms with Crippen LogP contribution in [0.1, 0.15) is 22.7 Å². The molecule has 0 amide bonds. The maximum Gasteiger partial charge on any atom is 0.0510 e. The Balaban J connectivity index is 2.25. The molecule has 0 saturated heterocycles. The van der Waals surface area contributed by atoms with Gasteiger partial charge in [-0.05, 0) is 64.8 Å². The SMILES string of the molecule is Cc1cccc(C(Cc2ccc(Br)cc2)NN)c1I. The summed E-state index contributed by atoms with van der Waals surface area (Å²) in [5.41, 5.74) is 6.74. The number of hydrogen-bond donors (Lipinski definition) is 2. The first-order valence-corrected chi connectivity index (χ1v) is 7.94. The summed E-state index contributed by atoms with van der Waals surface area (Å²) in [6.07, 6.45) is 0.878. The van der Waals surface area contributed by atoms with Gasteiger partial charge >= 0.3 is 0 Å². The van der Waals surface area contributed by atoms with Crippen LogP contribution in [0, 0.1) is 10.5 Å². The highest BCUT2D eigenvalue weighted by Crippen LogP contribution is 2.25. The van der Waals surface area contributed by atoms with Gasteiger partial charge in [0.25, 0.3) is 0 Å². The third kappa shape index (κ3) is 3.78. The Morgan fingerprint density at radius 1 is 1.21 bits per heavy atom.